The molecule has 1 aliphatic heterocycles. The average Bonchev–Trinajstić information content (AvgIpc) is 3.23. The molecule has 0 radical (unpaired) electrons. The topological polar surface area (TPSA) is 125 Å². The van der Waals surface area contributed by atoms with Crippen LogP contribution in [0.25, 0.3) is 0 Å². The van der Waals surface area contributed by atoms with Gasteiger partial charge < -0.3 is 25.8 Å². The van der Waals surface area contributed by atoms with Gasteiger partial charge in [0.15, 0.2) is 0 Å². The number of amides is 2. The van der Waals surface area contributed by atoms with Gasteiger partial charge in [-0.25, -0.2) is 4.79 Å². The van der Waals surface area contributed by atoms with E-state index in [9.17, 15) is 19.5 Å². The zero-order valence-corrected chi connectivity index (χ0v) is 20.8. The van der Waals surface area contributed by atoms with Crippen LogP contribution in [0.4, 0.5) is 0 Å². The highest BCUT2D eigenvalue weighted by atomic mass is 35.5. The molecule has 2 rings (SSSR count). The Labute approximate surface area is 205 Å². The first kappa shape index (κ1) is 29.0. The van der Waals surface area contributed by atoms with Crippen molar-refractivity contribution in [3.63, 3.8) is 0 Å². The molecule has 1 aromatic carbocycles. The minimum atomic E-state index is -1.04. The zero-order chi connectivity index (χ0) is 23.5. The normalized spacial score (nSPS) is 16.2. The van der Waals surface area contributed by atoms with Crippen molar-refractivity contribution in [3.05, 3.63) is 29.8 Å². The van der Waals surface area contributed by atoms with Crippen molar-refractivity contribution in [2.75, 3.05) is 45.3 Å². The van der Waals surface area contributed by atoms with Crippen molar-refractivity contribution >= 4 is 42.0 Å². The zero-order valence-electron chi connectivity index (χ0n) is 19.2. The predicted octanol–water partition coefficient (Wildman–Crippen LogP) is 1.19. The number of thioether (sulfide) groups is 1. The second-order valence-electron chi connectivity index (χ2n) is 7.85. The standard InChI is InChI=1S/C22H34N4O5S.ClH/c1-31-18-7-3-5-16(11-18)13-25(14-17-6-4-9-26(17)21(28)12-23)15-20(27)24-19(22(29)30)8-10-32-2;/h3,5,7,11,17,19H,4,6,8-10,12-15,23H2,1-2H3,(H,24,27)(H,29,30);1H/t17-,19?;/m0./s1. The van der Waals surface area contributed by atoms with Gasteiger partial charge in [0.2, 0.25) is 11.8 Å². The predicted molar refractivity (Wildman–Crippen MR) is 132 cm³/mol. The number of nitrogens with two attached hydrogens (primary N) is 1. The molecule has 1 saturated heterocycles. The van der Waals surface area contributed by atoms with Crippen molar-refractivity contribution in [1.29, 1.82) is 0 Å². The SMILES string of the molecule is COc1cccc(CN(CC(=O)NC(CCSC)C(=O)O)C[C@@H]2CCCN2C(=O)CN)c1.Cl. The molecule has 33 heavy (non-hydrogen) atoms. The molecule has 186 valence electrons. The third kappa shape index (κ3) is 9.40. The van der Waals surface area contributed by atoms with Gasteiger partial charge in [-0.05, 0) is 49.0 Å². The molecule has 1 aliphatic rings. The lowest BCUT2D eigenvalue weighted by Crippen LogP contribution is -2.49. The number of carbonyl (C=O) groups is 3. The van der Waals surface area contributed by atoms with Crippen molar-refractivity contribution in [2.24, 2.45) is 5.73 Å². The molecular formula is C22H35ClN4O5S. The van der Waals surface area contributed by atoms with E-state index in [4.69, 9.17) is 10.5 Å². The summed E-state index contributed by atoms with van der Waals surface area (Å²) in [5, 5.41) is 12.1. The highest BCUT2D eigenvalue weighted by molar-refractivity contribution is 7.98. The second kappa shape index (κ2) is 15.0. The molecule has 0 aromatic heterocycles. The molecule has 1 unspecified atom stereocenters. The van der Waals surface area contributed by atoms with Crippen LogP contribution in [-0.4, -0.2) is 90.1 Å². The second-order valence-corrected chi connectivity index (χ2v) is 8.83. The summed E-state index contributed by atoms with van der Waals surface area (Å²) in [7, 11) is 1.60. The first-order chi connectivity index (χ1) is 15.4. The van der Waals surface area contributed by atoms with Crippen LogP contribution in [0.3, 0.4) is 0 Å². The maximum atomic E-state index is 12.7. The lowest BCUT2D eigenvalue weighted by Gasteiger charge is -2.31. The van der Waals surface area contributed by atoms with Crippen molar-refractivity contribution in [3.8, 4) is 5.75 Å². The van der Waals surface area contributed by atoms with E-state index < -0.39 is 12.0 Å². The van der Waals surface area contributed by atoms with Crippen LogP contribution in [-0.2, 0) is 20.9 Å². The maximum absolute atomic E-state index is 12.7. The Kier molecular flexibility index (Phi) is 13.2. The molecule has 1 heterocycles. The van der Waals surface area contributed by atoms with Crippen LogP contribution in [0, 0.1) is 0 Å². The van der Waals surface area contributed by atoms with E-state index in [1.54, 1.807) is 12.0 Å². The molecule has 1 aromatic rings. The highest BCUT2D eigenvalue weighted by Crippen LogP contribution is 2.20. The molecule has 0 spiro atoms. The Morgan fingerprint density at radius 1 is 1.39 bits per heavy atom. The third-order valence-corrected chi connectivity index (χ3v) is 6.14. The van der Waals surface area contributed by atoms with Crippen LogP contribution >= 0.6 is 24.2 Å². The number of hydrogen-bond acceptors (Lipinski definition) is 7. The summed E-state index contributed by atoms with van der Waals surface area (Å²) in [6, 6.07) is 6.63. The van der Waals surface area contributed by atoms with Crippen LogP contribution in [0.1, 0.15) is 24.8 Å². The fourth-order valence-corrected chi connectivity index (χ4v) is 4.39. The largest absolute Gasteiger partial charge is 0.497 e. The Morgan fingerprint density at radius 2 is 2.15 bits per heavy atom. The first-order valence-corrected chi connectivity index (χ1v) is 12.1. The number of benzene rings is 1. The fraction of sp³-hybridized carbons (Fsp3) is 0.591. The van der Waals surface area contributed by atoms with Gasteiger partial charge in [0.25, 0.3) is 0 Å². The number of aliphatic carboxylic acids is 1. The van der Waals surface area contributed by atoms with Gasteiger partial charge in [-0.1, -0.05) is 12.1 Å². The van der Waals surface area contributed by atoms with E-state index >= 15 is 0 Å². The average molecular weight is 503 g/mol. The van der Waals surface area contributed by atoms with Crippen LogP contribution in [0.5, 0.6) is 5.75 Å². The number of carboxylic acid groups (broad SMARTS) is 1. The Bertz CT molecular complexity index is 785. The smallest absolute Gasteiger partial charge is 0.326 e. The summed E-state index contributed by atoms with van der Waals surface area (Å²) in [5.74, 6) is -0.126. The lowest BCUT2D eigenvalue weighted by molar-refractivity contribution is -0.142. The fourth-order valence-electron chi connectivity index (χ4n) is 3.92. The van der Waals surface area contributed by atoms with Gasteiger partial charge in [-0.15, -0.1) is 12.4 Å². The van der Waals surface area contributed by atoms with E-state index in [-0.39, 0.29) is 43.4 Å². The Hall–Kier alpha value is -2.01. The summed E-state index contributed by atoms with van der Waals surface area (Å²) in [5.41, 5.74) is 6.53. The number of hydrogen-bond donors (Lipinski definition) is 3. The summed E-state index contributed by atoms with van der Waals surface area (Å²) in [6.45, 7) is 1.62. The van der Waals surface area contributed by atoms with E-state index in [1.807, 2.05) is 35.4 Å². The molecule has 0 saturated carbocycles. The summed E-state index contributed by atoms with van der Waals surface area (Å²) in [6.07, 6.45) is 3.99. The lowest BCUT2D eigenvalue weighted by atomic mass is 10.1. The van der Waals surface area contributed by atoms with Crippen molar-refractivity contribution in [2.45, 2.75) is 37.9 Å². The molecule has 4 N–H and O–H groups in total. The monoisotopic (exact) mass is 502 g/mol. The number of carboxylic acids is 1. The summed E-state index contributed by atoms with van der Waals surface area (Å²) >= 11 is 1.54. The van der Waals surface area contributed by atoms with Crippen LogP contribution < -0.4 is 15.8 Å². The quantitative estimate of drug-likeness (QED) is 0.367. The van der Waals surface area contributed by atoms with Gasteiger partial charge in [-0.2, -0.15) is 11.8 Å². The van der Waals surface area contributed by atoms with Crippen molar-refractivity contribution in [1.82, 2.24) is 15.1 Å². The van der Waals surface area contributed by atoms with E-state index in [1.165, 1.54) is 11.8 Å². The number of methoxy groups -OCH3 is 1. The van der Waals surface area contributed by atoms with E-state index in [2.05, 4.69) is 5.32 Å². The number of nitrogens with one attached hydrogen (secondary N) is 1. The molecule has 1 fully saturated rings. The molecule has 2 atom stereocenters. The molecule has 2 amide bonds. The van der Waals surface area contributed by atoms with Gasteiger partial charge >= 0.3 is 5.97 Å². The number of carbonyl (C=O) groups excluding carboxylic acids is 2. The summed E-state index contributed by atoms with van der Waals surface area (Å²) < 4.78 is 5.30. The minimum absolute atomic E-state index is 0. The Balaban J connectivity index is 0.00000544. The molecular weight excluding hydrogens is 468 g/mol. The number of likely N-dealkylation sites (tertiary alicyclic amines) is 1. The van der Waals surface area contributed by atoms with E-state index in [0.717, 1.165) is 24.2 Å². The van der Waals surface area contributed by atoms with Gasteiger partial charge in [-0.3, -0.25) is 14.5 Å². The molecule has 11 heteroatoms. The number of halogens is 1. The van der Waals surface area contributed by atoms with Crippen LogP contribution in [0.15, 0.2) is 24.3 Å². The van der Waals surface area contributed by atoms with Crippen molar-refractivity contribution < 1.29 is 24.2 Å². The van der Waals surface area contributed by atoms with Gasteiger partial charge in [0.1, 0.15) is 11.8 Å². The number of nitrogens with zero attached hydrogens (tertiary/aromatic N) is 2. The van der Waals surface area contributed by atoms with Gasteiger partial charge in [0.05, 0.1) is 20.2 Å². The number of ether oxygens (including phenoxy) is 1. The van der Waals surface area contributed by atoms with Crippen LogP contribution in [0.2, 0.25) is 0 Å². The highest BCUT2D eigenvalue weighted by Gasteiger charge is 2.30. The van der Waals surface area contributed by atoms with Gasteiger partial charge in [0, 0.05) is 25.7 Å². The first-order valence-electron chi connectivity index (χ1n) is 10.7. The maximum Gasteiger partial charge on any atom is 0.326 e. The molecule has 0 bridgehead atoms. The number of rotatable bonds is 13. The third-order valence-electron chi connectivity index (χ3n) is 5.49. The Morgan fingerprint density at radius 3 is 2.79 bits per heavy atom. The molecule has 9 nitrogen and oxygen atoms in total. The minimum Gasteiger partial charge on any atom is -0.497 e. The molecule has 0 aliphatic carbocycles. The van der Waals surface area contributed by atoms with E-state index in [0.29, 0.717) is 31.8 Å². The summed E-state index contributed by atoms with van der Waals surface area (Å²) in [4.78, 5) is 40.2.